The molecule has 0 N–H and O–H groups in total. The second-order valence-electron chi connectivity index (χ2n) is 4.74. The lowest BCUT2D eigenvalue weighted by molar-refractivity contribution is 0.0929. The number of Topliss-reactive ketones (excluding diaryl/α,β-unsaturated/α-hetero) is 1. The van der Waals surface area contributed by atoms with Crippen LogP contribution >= 0.6 is 11.3 Å². The molecule has 1 aromatic heterocycles. The Morgan fingerprint density at radius 3 is 2.71 bits per heavy atom. The summed E-state index contributed by atoms with van der Waals surface area (Å²) in [5.41, 5.74) is 0. The molecule has 2 nitrogen and oxygen atoms in total. The molecule has 0 spiro atoms. The predicted molar refractivity (Wildman–Crippen MR) is 72.9 cm³/mol. The van der Waals surface area contributed by atoms with Crippen LogP contribution in [0.15, 0.2) is 12.1 Å². The zero-order valence-corrected chi connectivity index (χ0v) is 11.6. The SMILES string of the molecule is CCCN(CC(=O)c1ccc(CC)s1)C1CC1. The van der Waals surface area contributed by atoms with E-state index in [-0.39, 0.29) is 0 Å². The maximum Gasteiger partial charge on any atom is 0.186 e. The first-order valence-corrected chi connectivity index (χ1v) is 7.42. The minimum atomic E-state index is 0.301. The summed E-state index contributed by atoms with van der Waals surface area (Å²) < 4.78 is 0. The van der Waals surface area contributed by atoms with Crippen molar-refractivity contribution in [1.82, 2.24) is 4.90 Å². The van der Waals surface area contributed by atoms with E-state index in [1.807, 2.05) is 6.07 Å². The van der Waals surface area contributed by atoms with Gasteiger partial charge in [-0.1, -0.05) is 13.8 Å². The lowest BCUT2D eigenvalue weighted by Crippen LogP contribution is -2.32. The highest BCUT2D eigenvalue weighted by Gasteiger charge is 2.29. The van der Waals surface area contributed by atoms with Crippen molar-refractivity contribution in [3.63, 3.8) is 0 Å². The number of carbonyl (C=O) groups is 1. The molecule has 0 aliphatic heterocycles. The van der Waals surface area contributed by atoms with Crippen molar-refractivity contribution < 1.29 is 4.79 Å². The van der Waals surface area contributed by atoms with Gasteiger partial charge in [-0.3, -0.25) is 9.69 Å². The molecular weight excluding hydrogens is 230 g/mol. The van der Waals surface area contributed by atoms with E-state index in [0.717, 1.165) is 24.3 Å². The lowest BCUT2D eigenvalue weighted by atomic mass is 10.2. The van der Waals surface area contributed by atoms with Crippen LogP contribution in [0.4, 0.5) is 0 Å². The number of nitrogens with zero attached hydrogens (tertiary/aromatic N) is 1. The van der Waals surface area contributed by atoms with Crippen LogP contribution in [-0.2, 0) is 6.42 Å². The highest BCUT2D eigenvalue weighted by atomic mass is 32.1. The van der Waals surface area contributed by atoms with Gasteiger partial charge in [0.1, 0.15) is 0 Å². The fourth-order valence-corrected chi connectivity index (χ4v) is 2.98. The summed E-state index contributed by atoms with van der Waals surface area (Å²) in [6, 6.07) is 4.76. The van der Waals surface area contributed by atoms with Gasteiger partial charge < -0.3 is 0 Å². The van der Waals surface area contributed by atoms with E-state index in [2.05, 4.69) is 24.8 Å². The molecule has 0 bridgehead atoms. The van der Waals surface area contributed by atoms with Crippen LogP contribution in [0.1, 0.15) is 47.7 Å². The normalized spacial score (nSPS) is 15.5. The molecule has 17 heavy (non-hydrogen) atoms. The molecule has 2 rings (SSSR count). The summed E-state index contributed by atoms with van der Waals surface area (Å²) in [4.78, 5) is 16.8. The molecule has 0 atom stereocenters. The molecule has 0 radical (unpaired) electrons. The Balaban J connectivity index is 1.94. The molecule has 0 unspecified atom stereocenters. The van der Waals surface area contributed by atoms with Gasteiger partial charge in [0, 0.05) is 10.9 Å². The standard InChI is InChI=1S/C14H21NOS/c1-3-9-15(11-5-6-11)10-13(16)14-8-7-12(4-2)17-14/h7-8,11H,3-6,9-10H2,1-2H3. The van der Waals surface area contributed by atoms with Crippen molar-refractivity contribution >= 4 is 17.1 Å². The number of hydrogen-bond acceptors (Lipinski definition) is 3. The topological polar surface area (TPSA) is 20.3 Å². The molecule has 1 heterocycles. The number of ketones is 1. The molecule has 0 saturated heterocycles. The molecule has 1 aliphatic rings. The van der Waals surface area contributed by atoms with Crippen LogP contribution in [0, 0.1) is 0 Å². The Morgan fingerprint density at radius 2 is 2.18 bits per heavy atom. The van der Waals surface area contributed by atoms with Crippen LogP contribution in [0.2, 0.25) is 0 Å². The van der Waals surface area contributed by atoms with Gasteiger partial charge in [-0.2, -0.15) is 0 Å². The Morgan fingerprint density at radius 1 is 1.41 bits per heavy atom. The third kappa shape index (κ3) is 3.39. The third-order valence-corrected chi connectivity index (χ3v) is 4.48. The van der Waals surface area contributed by atoms with E-state index in [0.29, 0.717) is 18.4 Å². The lowest BCUT2D eigenvalue weighted by Gasteiger charge is -2.19. The van der Waals surface area contributed by atoms with Crippen LogP contribution in [-0.4, -0.2) is 29.8 Å². The van der Waals surface area contributed by atoms with Crippen molar-refractivity contribution in [1.29, 1.82) is 0 Å². The zero-order valence-electron chi connectivity index (χ0n) is 10.7. The predicted octanol–water partition coefficient (Wildman–Crippen LogP) is 3.37. The summed E-state index contributed by atoms with van der Waals surface area (Å²) in [7, 11) is 0. The van der Waals surface area contributed by atoms with Crippen molar-refractivity contribution in [3.05, 3.63) is 21.9 Å². The molecule has 1 saturated carbocycles. The Bertz CT molecular complexity index is 381. The third-order valence-electron chi connectivity index (χ3n) is 3.21. The maximum atomic E-state index is 12.2. The second kappa shape index (κ2) is 5.78. The molecule has 0 amide bonds. The summed E-state index contributed by atoms with van der Waals surface area (Å²) >= 11 is 1.66. The monoisotopic (exact) mass is 251 g/mol. The van der Waals surface area contributed by atoms with Gasteiger partial charge in [0.25, 0.3) is 0 Å². The van der Waals surface area contributed by atoms with Crippen LogP contribution in [0.3, 0.4) is 0 Å². The molecule has 1 fully saturated rings. The molecule has 1 aromatic rings. The van der Waals surface area contributed by atoms with E-state index >= 15 is 0 Å². The Labute approximate surface area is 108 Å². The van der Waals surface area contributed by atoms with Gasteiger partial charge in [0.15, 0.2) is 5.78 Å². The summed E-state index contributed by atoms with van der Waals surface area (Å²) in [6.07, 6.45) is 4.71. The molecule has 1 aliphatic carbocycles. The van der Waals surface area contributed by atoms with Crippen LogP contribution in [0.5, 0.6) is 0 Å². The highest BCUT2D eigenvalue weighted by Crippen LogP contribution is 2.27. The molecule has 0 aromatic carbocycles. The van der Waals surface area contributed by atoms with E-state index < -0.39 is 0 Å². The van der Waals surface area contributed by atoms with Crippen molar-refractivity contribution in [2.75, 3.05) is 13.1 Å². The zero-order chi connectivity index (χ0) is 12.3. The molecule has 3 heteroatoms. The van der Waals surface area contributed by atoms with Gasteiger partial charge in [-0.25, -0.2) is 0 Å². The Hall–Kier alpha value is -0.670. The first-order valence-electron chi connectivity index (χ1n) is 6.60. The first kappa shape index (κ1) is 12.8. The van der Waals surface area contributed by atoms with Crippen molar-refractivity contribution in [2.45, 2.75) is 45.6 Å². The summed E-state index contributed by atoms with van der Waals surface area (Å²) in [5, 5.41) is 0. The van der Waals surface area contributed by atoms with E-state index in [4.69, 9.17) is 0 Å². The second-order valence-corrected chi connectivity index (χ2v) is 5.91. The maximum absolute atomic E-state index is 12.2. The smallest absolute Gasteiger partial charge is 0.186 e. The minimum absolute atomic E-state index is 0.301. The van der Waals surface area contributed by atoms with Gasteiger partial charge in [-0.15, -0.1) is 11.3 Å². The van der Waals surface area contributed by atoms with Crippen molar-refractivity contribution in [3.8, 4) is 0 Å². The van der Waals surface area contributed by atoms with Crippen LogP contribution < -0.4 is 0 Å². The number of aryl methyl sites for hydroxylation is 1. The van der Waals surface area contributed by atoms with Crippen LogP contribution in [0.25, 0.3) is 0 Å². The van der Waals surface area contributed by atoms with Crippen molar-refractivity contribution in [2.24, 2.45) is 0 Å². The minimum Gasteiger partial charge on any atom is -0.293 e. The quantitative estimate of drug-likeness (QED) is 0.693. The number of rotatable bonds is 7. The summed E-state index contributed by atoms with van der Waals surface area (Å²) in [6.45, 7) is 5.98. The van der Waals surface area contributed by atoms with Gasteiger partial charge in [0.05, 0.1) is 11.4 Å². The van der Waals surface area contributed by atoms with Gasteiger partial charge in [0.2, 0.25) is 0 Å². The van der Waals surface area contributed by atoms with E-state index in [9.17, 15) is 4.79 Å². The van der Waals surface area contributed by atoms with E-state index in [1.165, 1.54) is 17.7 Å². The number of thiophene rings is 1. The van der Waals surface area contributed by atoms with E-state index in [1.54, 1.807) is 11.3 Å². The number of carbonyl (C=O) groups excluding carboxylic acids is 1. The van der Waals surface area contributed by atoms with Gasteiger partial charge in [-0.05, 0) is 44.4 Å². The highest BCUT2D eigenvalue weighted by molar-refractivity contribution is 7.14. The average Bonchev–Trinajstić information content (AvgIpc) is 3.06. The molecular formula is C14H21NOS. The summed E-state index contributed by atoms with van der Waals surface area (Å²) in [5.74, 6) is 0.301. The molecule has 94 valence electrons. The van der Waals surface area contributed by atoms with Gasteiger partial charge >= 0.3 is 0 Å². The Kier molecular flexibility index (Phi) is 4.35. The average molecular weight is 251 g/mol. The largest absolute Gasteiger partial charge is 0.293 e. The first-order chi connectivity index (χ1) is 8.24. The fourth-order valence-electron chi connectivity index (χ4n) is 2.10. The fraction of sp³-hybridized carbons (Fsp3) is 0.643. The number of hydrogen-bond donors (Lipinski definition) is 0.